The minimum atomic E-state index is 0.605. The molecule has 0 unspecified atom stereocenters. The van der Waals surface area contributed by atoms with Crippen LogP contribution in [-0.2, 0) is 19.4 Å². The molecule has 1 aliphatic carbocycles. The lowest BCUT2D eigenvalue weighted by molar-refractivity contribution is 0.492. The molecular formula is C15H21N3. The van der Waals surface area contributed by atoms with Gasteiger partial charge in [-0.15, -0.1) is 0 Å². The standard InChI is InChI=1S/C15H21N3/c16-10-5-8-13-14-9-3-4-11-18(14)15(17-13)12-6-1-2-7-12/h12H,1-9,11H2. The Kier molecular flexibility index (Phi) is 3.36. The van der Waals surface area contributed by atoms with Crippen molar-refractivity contribution in [2.75, 3.05) is 0 Å². The van der Waals surface area contributed by atoms with Crippen LogP contribution in [0, 0.1) is 11.3 Å². The summed E-state index contributed by atoms with van der Waals surface area (Å²) >= 11 is 0. The van der Waals surface area contributed by atoms with E-state index in [2.05, 4.69) is 10.6 Å². The highest BCUT2D eigenvalue weighted by atomic mass is 15.1. The number of aromatic nitrogens is 2. The van der Waals surface area contributed by atoms with Gasteiger partial charge in [0.1, 0.15) is 5.82 Å². The summed E-state index contributed by atoms with van der Waals surface area (Å²) in [6.07, 6.45) is 10.5. The van der Waals surface area contributed by atoms with Crippen LogP contribution in [0.3, 0.4) is 0 Å². The first-order valence-corrected chi connectivity index (χ1v) is 7.35. The minimum Gasteiger partial charge on any atom is -0.332 e. The maximum absolute atomic E-state index is 8.77. The minimum absolute atomic E-state index is 0.605. The highest BCUT2D eigenvalue weighted by molar-refractivity contribution is 5.22. The molecule has 0 saturated heterocycles. The van der Waals surface area contributed by atoms with Crippen molar-refractivity contribution in [1.29, 1.82) is 5.26 Å². The van der Waals surface area contributed by atoms with Crippen LogP contribution in [0.4, 0.5) is 0 Å². The predicted octanol–water partition coefficient (Wildman–Crippen LogP) is 3.33. The normalized spacial score (nSPS) is 19.7. The highest BCUT2D eigenvalue weighted by Crippen LogP contribution is 2.36. The van der Waals surface area contributed by atoms with Crippen molar-refractivity contribution in [3.05, 3.63) is 17.2 Å². The van der Waals surface area contributed by atoms with Crippen LogP contribution in [0.2, 0.25) is 0 Å². The van der Waals surface area contributed by atoms with E-state index in [0.717, 1.165) is 13.0 Å². The Morgan fingerprint density at radius 2 is 2.06 bits per heavy atom. The molecule has 1 aliphatic heterocycles. The summed E-state index contributed by atoms with van der Waals surface area (Å²) in [4.78, 5) is 4.92. The molecule has 0 amide bonds. The molecule has 3 heteroatoms. The fourth-order valence-corrected chi connectivity index (χ4v) is 3.52. The molecule has 96 valence electrons. The van der Waals surface area contributed by atoms with Crippen molar-refractivity contribution in [3.8, 4) is 6.07 Å². The van der Waals surface area contributed by atoms with Gasteiger partial charge in [0.25, 0.3) is 0 Å². The van der Waals surface area contributed by atoms with Gasteiger partial charge >= 0.3 is 0 Å². The Bertz CT molecular complexity index is 461. The molecule has 1 fully saturated rings. The van der Waals surface area contributed by atoms with Gasteiger partial charge in [0.15, 0.2) is 0 Å². The van der Waals surface area contributed by atoms with Crippen molar-refractivity contribution in [2.24, 2.45) is 0 Å². The van der Waals surface area contributed by atoms with Crippen LogP contribution in [0.1, 0.15) is 68.1 Å². The van der Waals surface area contributed by atoms with Crippen LogP contribution in [0.25, 0.3) is 0 Å². The second-order valence-electron chi connectivity index (χ2n) is 5.61. The number of rotatable bonds is 3. The summed E-state index contributed by atoms with van der Waals surface area (Å²) in [5.41, 5.74) is 2.66. The van der Waals surface area contributed by atoms with E-state index in [1.807, 2.05) is 0 Å². The maximum Gasteiger partial charge on any atom is 0.112 e. The van der Waals surface area contributed by atoms with Crippen LogP contribution in [-0.4, -0.2) is 9.55 Å². The highest BCUT2D eigenvalue weighted by Gasteiger charge is 2.26. The average Bonchev–Trinajstić information content (AvgIpc) is 3.04. The van der Waals surface area contributed by atoms with Crippen LogP contribution >= 0.6 is 0 Å². The lowest BCUT2D eigenvalue weighted by Gasteiger charge is -2.19. The number of hydrogen-bond donors (Lipinski definition) is 0. The van der Waals surface area contributed by atoms with Crippen molar-refractivity contribution >= 4 is 0 Å². The molecule has 0 atom stereocenters. The number of aryl methyl sites for hydroxylation is 1. The number of hydrogen-bond acceptors (Lipinski definition) is 2. The number of imidazole rings is 1. The van der Waals surface area contributed by atoms with E-state index in [-0.39, 0.29) is 0 Å². The van der Waals surface area contributed by atoms with Crippen LogP contribution in [0.15, 0.2) is 0 Å². The first kappa shape index (κ1) is 11.8. The second-order valence-corrected chi connectivity index (χ2v) is 5.61. The summed E-state index contributed by atoms with van der Waals surface area (Å²) in [7, 11) is 0. The van der Waals surface area contributed by atoms with Gasteiger partial charge in [0.2, 0.25) is 0 Å². The van der Waals surface area contributed by atoms with Gasteiger partial charge < -0.3 is 4.57 Å². The molecule has 3 rings (SSSR count). The zero-order chi connectivity index (χ0) is 12.4. The molecule has 1 saturated carbocycles. The van der Waals surface area contributed by atoms with E-state index in [0.29, 0.717) is 12.3 Å². The van der Waals surface area contributed by atoms with Gasteiger partial charge in [-0.2, -0.15) is 5.26 Å². The van der Waals surface area contributed by atoms with Gasteiger partial charge in [-0.3, -0.25) is 0 Å². The van der Waals surface area contributed by atoms with Gasteiger partial charge in [0, 0.05) is 31.0 Å². The fraction of sp³-hybridized carbons (Fsp3) is 0.733. The largest absolute Gasteiger partial charge is 0.332 e. The zero-order valence-electron chi connectivity index (χ0n) is 11.0. The maximum atomic E-state index is 8.77. The van der Waals surface area contributed by atoms with E-state index in [9.17, 15) is 0 Å². The second kappa shape index (κ2) is 5.14. The van der Waals surface area contributed by atoms with Crippen LogP contribution in [0.5, 0.6) is 0 Å². The average molecular weight is 243 g/mol. The first-order valence-electron chi connectivity index (χ1n) is 7.35. The molecule has 0 spiro atoms. The third-order valence-electron chi connectivity index (χ3n) is 4.42. The van der Waals surface area contributed by atoms with E-state index in [4.69, 9.17) is 10.2 Å². The number of nitriles is 1. The van der Waals surface area contributed by atoms with Crippen molar-refractivity contribution in [1.82, 2.24) is 9.55 Å². The quantitative estimate of drug-likeness (QED) is 0.817. The molecule has 0 N–H and O–H groups in total. The Hall–Kier alpha value is -1.30. The summed E-state index contributed by atoms with van der Waals surface area (Å²) < 4.78 is 2.49. The Balaban J connectivity index is 1.93. The van der Waals surface area contributed by atoms with Gasteiger partial charge in [0.05, 0.1) is 11.8 Å². The van der Waals surface area contributed by atoms with Gasteiger partial charge in [-0.05, 0) is 32.1 Å². The molecule has 2 heterocycles. The molecular weight excluding hydrogens is 222 g/mol. The molecule has 1 aromatic rings. The lowest BCUT2D eigenvalue weighted by atomic mass is 10.0. The van der Waals surface area contributed by atoms with E-state index >= 15 is 0 Å². The first-order chi connectivity index (χ1) is 8.90. The topological polar surface area (TPSA) is 41.6 Å². The summed E-state index contributed by atoms with van der Waals surface area (Å²) in [6, 6.07) is 2.25. The SMILES string of the molecule is N#CCCc1nc(C2CCCC2)n2c1CCCC2. The van der Waals surface area contributed by atoms with Crippen LogP contribution < -0.4 is 0 Å². The molecule has 3 nitrogen and oxygen atoms in total. The molecule has 0 aromatic carbocycles. The van der Waals surface area contributed by atoms with E-state index in [1.54, 1.807) is 0 Å². The monoisotopic (exact) mass is 243 g/mol. The number of fused-ring (bicyclic) bond motifs is 1. The zero-order valence-corrected chi connectivity index (χ0v) is 11.0. The Labute approximate surface area is 109 Å². The Morgan fingerprint density at radius 3 is 2.83 bits per heavy atom. The summed E-state index contributed by atoms with van der Waals surface area (Å²) in [6.45, 7) is 1.15. The van der Waals surface area contributed by atoms with E-state index < -0.39 is 0 Å². The number of nitrogens with zero attached hydrogens (tertiary/aromatic N) is 3. The summed E-state index contributed by atoms with van der Waals surface area (Å²) in [5, 5.41) is 8.77. The molecule has 1 aromatic heterocycles. The fourth-order valence-electron chi connectivity index (χ4n) is 3.52. The molecule has 0 radical (unpaired) electrons. The molecule has 2 aliphatic rings. The predicted molar refractivity (Wildman–Crippen MR) is 70.3 cm³/mol. The molecule has 0 bridgehead atoms. The molecule has 18 heavy (non-hydrogen) atoms. The summed E-state index contributed by atoms with van der Waals surface area (Å²) in [5.74, 6) is 2.04. The van der Waals surface area contributed by atoms with Gasteiger partial charge in [-0.1, -0.05) is 12.8 Å². The van der Waals surface area contributed by atoms with Crippen molar-refractivity contribution < 1.29 is 0 Å². The lowest BCUT2D eigenvalue weighted by Crippen LogP contribution is -2.14. The van der Waals surface area contributed by atoms with Crippen molar-refractivity contribution in [3.63, 3.8) is 0 Å². The third-order valence-corrected chi connectivity index (χ3v) is 4.42. The Morgan fingerprint density at radius 1 is 1.22 bits per heavy atom. The van der Waals surface area contributed by atoms with E-state index in [1.165, 1.54) is 62.2 Å². The van der Waals surface area contributed by atoms with Crippen molar-refractivity contribution in [2.45, 2.75) is 70.3 Å². The smallest absolute Gasteiger partial charge is 0.112 e. The third kappa shape index (κ3) is 2.05. The van der Waals surface area contributed by atoms with Gasteiger partial charge in [-0.25, -0.2) is 4.98 Å².